The second-order valence-electron chi connectivity index (χ2n) is 6.62. The lowest BCUT2D eigenvalue weighted by Gasteiger charge is -2.20. The first-order chi connectivity index (χ1) is 10.9. The van der Waals surface area contributed by atoms with Crippen LogP contribution in [0.1, 0.15) is 24.8 Å². The monoisotopic (exact) mass is 325 g/mol. The average molecular weight is 325 g/mol. The molecular weight excluding hydrogens is 300 g/mol. The number of benzene rings is 1. The normalized spacial score (nSPS) is 19.2. The molecule has 2 rings (SSSR count). The van der Waals surface area contributed by atoms with Gasteiger partial charge in [-0.15, -0.1) is 0 Å². The molecule has 2 atom stereocenters. The number of amides is 2. The standard InChI is InChI=1S/C17H25F2N3O/c1-12(15-5-4-14(18)8-16(15)19)9-20-17(23)22-7-6-13(11-22)10-21(2)3/h4-5,8,12-13H,6-7,9-11H2,1-3H3,(H,20,23)/t12-,13-/m1/s1. The maximum absolute atomic E-state index is 13.7. The minimum Gasteiger partial charge on any atom is -0.337 e. The van der Waals surface area contributed by atoms with E-state index in [9.17, 15) is 13.6 Å². The first-order valence-electron chi connectivity index (χ1n) is 7.99. The molecule has 0 aromatic heterocycles. The zero-order chi connectivity index (χ0) is 17.0. The molecule has 0 aliphatic carbocycles. The van der Waals surface area contributed by atoms with Gasteiger partial charge in [-0.25, -0.2) is 13.6 Å². The van der Waals surface area contributed by atoms with Crippen LogP contribution in [0.2, 0.25) is 0 Å². The van der Waals surface area contributed by atoms with Crippen LogP contribution in [-0.2, 0) is 0 Å². The van der Waals surface area contributed by atoms with Gasteiger partial charge >= 0.3 is 6.03 Å². The van der Waals surface area contributed by atoms with Gasteiger partial charge in [-0.1, -0.05) is 13.0 Å². The molecule has 1 aromatic rings. The van der Waals surface area contributed by atoms with Gasteiger partial charge in [0.2, 0.25) is 0 Å². The Morgan fingerprint density at radius 2 is 2.17 bits per heavy atom. The zero-order valence-electron chi connectivity index (χ0n) is 14.0. The van der Waals surface area contributed by atoms with Gasteiger partial charge in [0.15, 0.2) is 0 Å². The molecule has 1 aliphatic heterocycles. The molecule has 0 bridgehead atoms. The first kappa shape index (κ1) is 17.7. The highest BCUT2D eigenvalue weighted by Crippen LogP contribution is 2.20. The van der Waals surface area contributed by atoms with Crippen molar-refractivity contribution in [3.05, 3.63) is 35.4 Å². The summed E-state index contributed by atoms with van der Waals surface area (Å²) in [5.74, 6) is -0.868. The van der Waals surface area contributed by atoms with E-state index in [2.05, 4.69) is 10.2 Å². The van der Waals surface area contributed by atoms with Gasteiger partial charge in [0.25, 0.3) is 0 Å². The van der Waals surface area contributed by atoms with Crippen molar-refractivity contribution in [2.75, 3.05) is 40.3 Å². The molecule has 2 amide bonds. The Kier molecular flexibility index (Phi) is 5.93. The van der Waals surface area contributed by atoms with E-state index in [-0.39, 0.29) is 11.9 Å². The van der Waals surface area contributed by atoms with Gasteiger partial charge in [0.05, 0.1) is 0 Å². The molecule has 128 valence electrons. The molecule has 6 heteroatoms. The van der Waals surface area contributed by atoms with Gasteiger partial charge in [-0.05, 0) is 38.1 Å². The van der Waals surface area contributed by atoms with Crippen LogP contribution in [0.25, 0.3) is 0 Å². The van der Waals surface area contributed by atoms with Crippen molar-refractivity contribution in [2.45, 2.75) is 19.3 Å². The van der Waals surface area contributed by atoms with Gasteiger partial charge in [-0.2, -0.15) is 0 Å². The maximum atomic E-state index is 13.7. The summed E-state index contributed by atoms with van der Waals surface area (Å²) in [7, 11) is 4.06. The Bertz CT molecular complexity index is 551. The topological polar surface area (TPSA) is 35.6 Å². The molecule has 0 unspecified atom stereocenters. The lowest BCUT2D eigenvalue weighted by Crippen LogP contribution is -2.40. The minimum atomic E-state index is -0.591. The summed E-state index contributed by atoms with van der Waals surface area (Å²) in [6, 6.07) is 3.44. The van der Waals surface area contributed by atoms with Crippen molar-refractivity contribution in [1.82, 2.24) is 15.1 Å². The number of halogens is 2. The molecule has 1 saturated heterocycles. The highest BCUT2D eigenvalue weighted by atomic mass is 19.1. The number of hydrogen-bond acceptors (Lipinski definition) is 2. The Labute approximate surface area is 136 Å². The second-order valence-corrected chi connectivity index (χ2v) is 6.62. The third-order valence-electron chi connectivity index (χ3n) is 4.25. The lowest BCUT2D eigenvalue weighted by atomic mass is 10.0. The Balaban J connectivity index is 1.82. The number of carbonyl (C=O) groups excluding carboxylic acids is 1. The van der Waals surface area contributed by atoms with E-state index in [1.54, 1.807) is 0 Å². The fourth-order valence-corrected chi connectivity index (χ4v) is 3.05. The van der Waals surface area contributed by atoms with Crippen LogP contribution in [0, 0.1) is 17.6 Å². The largest absolute Gasteiger partial charge is 0.337 e. The molecule has 4 nitrogen and oxygen atoms in total. The number of nitrogens with one attached hydrogen (secondary N) is 1. The van der Waals surface area contributed by atoms with E-state index in [0.29, 0.717) is 18.0 Å². The van der Waals surface area contributed by atoms with E-state index in [4.69, 9.17) is 0 Å². The fraction of sp³-hybridized carbons (Fsp3) is 0.588. The highest BCUT2D eigenvalue weighted by Gasteiger charge is 2.26. The maximum Gasteiger partial charge on any atom is 0.317 e. The van der Waals surface area contributed by atoms with Crippen molar-refractivity contribution in [3.63, 3.8) is 0 Å². The molecule has 23 heavy (non-hydrogen) atoms. The molecule has 1 fully saturated rings. The fourth-order valence-electron chi connectivity index (χ4n) is 3.05. The SMILES string of the molecule is C[C@H](CNC(=O)N1CC[C@H](CN(C)C)C1)c1ccc(F)cc1F. The second kappa shape index (κ2) is 7.73. The Hall–Kier alpha value is -1.69. The first-order valence-corrected chi connectivity index (χ1v) is 7.99. The predicted octanol–water partition coefficient (Wildman–Crippen LogP) is 2.66. The summed E-state index contributed by atoms with van der Waals surface area (Å²) in [6.07, 6.45) is 1.01. The van der Waals surface area contributed by atoms with Gasteiger partial charge in [0.1, 0.15) is 11.6 Å². The van der Waals surface area contributed by atoms with Gasteiger partial charge < -0.3 is 15.1 Å². The summed E-state index contributed by atoms with van der Waals surface area (Å²) < 4.78 is 26.7. The van der Waals surface area contributed by atoms with Crippen LogP contribution >= 0.6 is 0 Å². The van der Waals surface area contributed by atoms with Gasteiger partial charge in [0, 0.05) is 38.2 Å². The summed E-state index contributed by atoms with van der Waals surface area (Å²) in [5.41, 5.74) is 0.415. The van der Waals surface area contributed by atoms with E-state index in [1.165, 1.54) is 12.1 Å². The Morgan fingerprint density at radius 3 is 2.83 bits per heavy atom. The summed E-state index contributed by atoms with van der Waals surface area (Å²) >= 11 is 0. The lowest BCUT2D eigenvalue weighted by molar-refractivity contribution is 0.205. The van der Waals surface area contributed by atoms with E-state index in [0.717, 1.165) is 32.1 Å². The van der Waals surface area contributed by atoms with Crippen molar-refractivity contribution < 1.29 is 13.6 Å². The summed E-state index contributed by atoms with van der Waals surface area (Å²) in [6.45, 7) is 4.62. The average Bonchev–Trinajstić information content (AvgIpc) is 2.92. The van der Waals surface area contributed by atoms with Crippen LogP contribution in [0.15, 0.2) is 18.2 Å². The van der Waals surface area contributed by atoms with E-state index in [1.807, 2.05) is 25.9 Å². The van der Waals surface area contributed by atoms with Crippen LogP contribution in [0.4, 0.5) is 13.6 Å². The van der Waals surface area contributed by atoms with Crippen molar-refractivity contribution >= 4 is 6.03 Å². The number of nitrogens with zero attached hydrogens (tertiary/aromatic N) is 2. The van der Waals surface area contributed by atoms with Crippen molar-refractivity contribution in [3.8, 4) is 0 Å². The number of rotatable bonds is 5. The molecule has 1 N–H and O–H groups in total. The van der Waals surface area contributed by atoms with E-state index < -0.39 is 11.6 Å². The summed E-state index contributed by atoms with van der Waals surface area (Å²) in [4.78, 5) is 16.1. The molecule has 0 radical (unpaired) electrons. The minimum absolute atomic E-state index is 0.111. The predicted molar refractivity (Wildman–Crippen MR) is 86.4 cm³/mol. The van der Waals surface area contributed by atoms with Crippen molar-refractivity contribution in [1.29, 1.82) is 0 Å². The zero-order valence-corrected chi connectivity index (χ0v) is 14.0. The van der Waals surface area contributed by atoms with E-state index >= 15 is 0 Å². The quantitative estimate of drug-likeness (QED) is 0.903. The molecule has 1 aromatic carbocycles. The number of urea groups is 1. The third kappa shape index (κ3) is 4.89. The third-order valence-corrected chi connectivity index (χ3v) is 4.25. The number of hydrogen-bond donors (Lipinski definition) is 1. The van der Waals surface area contributed by atoms with Crippen LogP contribution < -0.4 is 5.32 Å². The Morgan fingerprint density at radius 1 is 1.43 bits per heavy atom. The molecular formula is C17H25F2N3O. The molecule has 1 aliphatic rings. The highest BCUT2D eigenvalue weighted by molar-refractivity contribution is 5.74. The van der Waals surface area contributed by atoms with Gasteiger partial charge in [-0.3, -0.25) is 0 Å². The van der Waals surface area contributed by atoms with Crippen molar-refractivity contribution in [2.24, 2.45) is 5.92 Å². The smallest absolute Gasteiger partial charge is 0.317 e. The number of carbonyl (C=O) groups is 1. The molecule has 0 spiro atoms. The molecule has 0 saturated carbocycles. The number of likely N-dealkylation sites (tertiary alicyclic amines) is 1. The van der Waals surface area contributed by atoms with Crippen LogP contribution in [0.3, 0.4) is 0 Å². The summed E-state index contributed by atoms with van der Waals surface area (Å²) in [5, 5.41) is 2.85. The molecule has 1 heterocycles. The van der Waals surface area contributed by atoms with Crippen LogP contribution in [0.5, 0.6) is 0 Å². The van der Waals surface area contributed by atoms with Crippen LogP contribution in [-0.4, -0.2) is 56.1 Å².